The van der Waals surface area contributed by atoms with Gasteiger partial charge in [0.2, 0.25) is 11.8 Å². The first-order chi connectivity index (χ1) is 8.47. The molecule has 1 fully saturated rings. The molecule has 18 heavy (non-hydrogen) atoms. The Morgan fingerprint density at radius 2 is 2.28 bits per heavy atom. The number of hydrogen-bond acceptors (Lipinski definition) is 5. The highest BCUT2D eigenvalue weighted by atomic mass is 19.4. The van der Waals surface area contributed by atoms with Crippen LogP contribution in [0.2, 0.25) is 0 Å². The van der Waals surface area contributed by atoms with E-state index in [0.717, 1.165) is 0 Å². The van der Waals surface area contributed by atoms with Gasteiger partial charge in [0.25, 0.3) is 5.91 Å². The number of alkyl halides is 3. The molecule has 7 nitrogen and oxygen atoms in total. The molecule has 2 heterocycles. The third kappa shape index (κ3) is 2.96. The lowest BCUT2D eigenvalue weighted by molar-refractivity contribution is -0.144. The summed E-state index contributed by atoms with van der Waals surface area (Å²) in [7, 11) is 0. The topological polar surface area (TPSA) is 91.9 Å². The van der Waals surface area contributed by atoms with Gasteiger partial charge in [-0.05, 0) is 0 Å². The van der Waals surface area contributed by atoms with Gasteiger partial charge in [0.15, 0.2) is 0 Å². The van der Waals surface area contributed by atoms with Crippen molar-refractivity contribution in [2.75, 3.05) is 25.0 Å². The summed E-state index contributed by atoms with van der Waals surface area (Å²) < 4.78 is 41.8. The van der Waals surface area contributed by atoms with Gasteiger partial charge in [-0.15, -0.1) is 5.10 Å². The van der Waals surface area contributed by atoms with E-state index in [0.29, 0.717) is 19.7 Å². The Morgan fingerprint density at radius 1 is 1.50 bits per heavy atom. The van der Waals surface area contributed by atoms with Crippen molar-refractivity contribution < 1.29 is 22.7 Å². The first kappa shape index (κ1) is 12.8. The zero-order valence-electron chi connectivity index (χ0n) is 9.04. The molecular weight excluding hydrogens is 255 g/mol. The molecule has 1 aliphatic heterocycles. The van der Waals surface area contributed by atoms with Gasteiger partial charge in [-0.3, -0.25) is 15.2 Å². The van der Waals surface area contributed by atoms with E-state index in [4.69, 9.17) is 4.74 Å². The SMILES string of the molecule is O=C(Nc1n[nH]c(C(F)(F)F)n1)C1CNCCO1. The number of H-pyrrole nitrogens is 1. The molecule has 0 aromatic carbocycles. The van der Waals surface area contributed by atoms with Crippen LogP contribution in [0.4, 0.5) is 19.1 Å². The zero-order valence-corrected chi connectivity index (χ0v) is 9.04. The van der Waals surface area contributed by atoms with E-state index in [1.54, 1.807) is 5.10 Å². The number of amides is 1. The lowest BCUT2D eigenvalue weighted by Gasteiger charge is -2.21. The lowest BCUT2D eigenvalue weighted by atomic mass is 10.3. The summed E-state index contributed by atoms with van der Waals surface area (Å²) >= 11 is 0. The van der Waals surface area contributed by atoms with Gasteiger partial charge in [0, 0.05) is 13.1 Å². The summed E-state index contributed by atoms with van der Waals surface area (Å²) in [5.74, 6) is -2.28. The van der Waals surface area contributed by atoms with Crippen molar-refractivity contribution in [3.05, 3.63) is 5.82 Å². The Bertz CT molecular complexity index is 427. The third-order valence-electron chi connectivity index (χ3n) is 2.21. The molecule has 1 aromatic heterocycles. The molecule has 1 unspecified atom stereocenters. The van der Waals surface area contributed by atoms with Crippen LogP contribution in [0, 0.1) is 0 Å². The average molecular weight is 265 g/mol. The number of nitrogens with zero attached hydrogens (tertiary/aromatic N) is 2. The van der Waals surface area contributed by atoms with Crippen molar-refractivity contribution in [2.45, 2.75) is 12.3 Å². The van der Waals surface area contributed by atoms with Crippen molar-refractivity contribution in [1.29, 1.82) is 0 Å². The largest absolute Gasteiger partial charge is 0.451 e. The van der Waals surface area contributed by atoms with Crippen LogP contribution < -0.4 is 10.6 Å². The Balaban J connectivity index is 1.96. The highest BCUT2D eigenvalue weighted by molar-refractivity contribution is 5.92. The minimum Gasteiger partial charge on any atom is -0.366 e. The summed E-state index contributed by atoms with van der Waals surface area (Å²) in [6, 6.07) is 0. The molecule has 10 heteroatoms. The Labute approximate surface area is 99.1 Å². The van der Waals surface area contributed by atoms with E-state index in [-0.39, 0.29) is 0 Å². The van der Waals surface area contributed by atoms with Crippen LogP contribution >= 0.6 is 0 Å². The summed E-state index contributed by atoms with van der Waals surface area (Å²) in [6.07, 6.45) is -5.38. The number of aromatic nitrogens is 3. The van der Waals surface area contributed by atoms with Gasteiger partial charge >= 0.3 is 6.18 Å². The molecule has 0 aliphatic carbocycles. The minimum atomic E-state index is -4.63. The number of carbonyl (C=O) groups excluding carboxylic acids is 1. The monoisotopic (exact) mass is 265 g/mol. The quantitative estimate of drug-likeness (QED) is 0.686. The molecule has 1 amide bonds. The number of nitrogens with one attached hydrogen (secondary N) is 3. The van der Waals surface area contributed by atoms with E-state index < -0.39 is 30.0 Å². The molecule has 0 spiro atoms. The molecule has 3 N–H and O–H groups in total. The second kappa shape index (κ2) is 4.90. The van der Waals surface area contributed by atoms with Crippen LogP contribution in [-0.4, -0.2) is 46.9 Å². The number of anilines is 1. The molecule has 100 valence electrons. The molecule has 1 aromatic rings. The van der Waals surface area contributed by atoms with Gasteiger partial charge in [-0.1, -0.05) is 0 Å². The fourth-order valence-corrected chi connectivity index (χ4v) is 1.37. The predicted octanol–water partition coefficient (Wildman–Crippen LogP) is -0.250. The molecule has 0 bridgehead atoms. The summed E-state index contributed by atoms with van der Waals surface area (Å²) in [6.45, 7) is 1.28. The molecular formula is C8H10F3N5O2. The standard InChI is InChI=1S/C8H10F3N5O2/c9-8(10,11)6-14-7(16-15-6)13-5(17)4-3-12-1-2-18-4/h4,12H,1-3H2,(H2,13,14,15,16,17). The van der Waals surface area contributed by atoms with Crippen molar-refractivity contribution in [3.63, 3.8) is 0 Å². The van der Waals surface area contributed by atoms with Crippen LogP contribution in [0.25, 0.3) is 0 Å². The van der Waals surface area contributed by atoms with Crippen molar-refractivity contribution in [3.8, 4) is 0 Å². The first-order valence-electron chi connectivity index (χ1n) is 5.09. The fourth-order valence-electron chi connectivity index (χ4n) is 1.37. The van der Waals surface area contributed by atoms with Crippen LogP contribution in [0.1, 0.15) is 5.82 Å². The van der Waals surface area contributed by atoms with Gasteiger partial charge in [0.05, 0.1) is 6.61 Å². The maximum atomic E-state index is 12.2. The Kier molecular flexibility index (Phi) is 3.48. The molecule has 1 atom stereocenters. The second-order valence-electron chi connectivity index (χ2n) is 3.56. The molecule has 1 saturated heterocycles. The normalized spacial score (nSPS) is 20.7. The number of ether oxygens (including phenoxy) is 1. The van der Waals surface area contributed by atoms with Crippen molar-refractivity contribution >= 4 is 11.9 Å². The number of morpholine rings is 1. The number of halogens is 3. The van der Waals surface area contributed by atoms with Crippen molar-refractivity contribution in [1.82, 2.24) is 20.5 Å². The smallest absolute Gasteiger partial charge is 0.366 e. The van der Waals surface area contributed by atoms with Crippen LogP contribution in [0.5, 0.6) is 0 Å². The average Bonchev–Trinajstić information content (AvgIpc) is 2.78. The minimum absolute atomic E-state index is 0.294. The Morgan fingerprint density at radius 3 is 2.83 bits per heavy atom. The first-order valence-corrected chi connectivity index (χ1v) is 5.09. The third-order valence-corrected chi connectivity index (χ3v) is 2.21. The van der Waals surface area contributed by atoms with Crippen molar-refractivity contribution in [2.24, 2.45) is 0 Å². The maximum Gasteiger partial charge on any atom is 0.451 e. The molecule has 0 radical (unpaired) electrons. The van der Waals surface area contributed by atoms with Gasteiger partial charge in [-0.25, -0.2) is 0 Å². The maximum absolute atomic E-state index is 12.2. The van der Waals surface area contributed by atoms with Crippen LogP contribution in [0.15, 0.2) is 0 Å². The van der Waals surface area contributed by atoms with E-state index in [1.807, 2.05) is 0 Å². The number of carbonyl (C=O) groups is 1. The number of aromatic amines is 1. The number of rotatable bonds is 2. The van der Waals surface area contributed by atoms with E-state index >= 15 is 0 Å². The molecule has 1 aliphatic rings. The van der Waals surface area contributed by atoms with E-state index in [9.17, 15) is 18.0 Å². The van der Waals surface area contributed by atoms with Gasteiger partial charge in [0.1, 0.15) is 6.10 Å². The Hall–Kier alpha value is -1.68. The van der Waals surface area contributed by atoms with Crippen LogP contribution in [0.3, 0.4) is 0 Å². The van der Waals surface area contributed by atoms with Gasteiger partial charge < -0.3 is 10.1 Å². The van der Waals surface area contributed by atoms with Gasteiger partial charge in [-0.2, -0.15) is 18.2 Å². The zero-order chi connectivity index (χ0) is 13.2. The van der Waals surface area contributed by atoms with E-state index in [1.165, 1.54) is 0 Å². The summed E-state index contributed by atoms with van der Waals surface area (Å²) in [5.41, 5.74) is 0. The number of hydrogen-bond donors (Lipinski definition) is 3. The second-order valence-corrected chi connectivity index (χ2v) is 3.56. The molecule has 0 saturated carbocycles. The predicted molar refractivity (Wildman–Crippen MR) is 52.6 cm³/mol. The van der Waals surface area contributed by atoms with Crippen LogP contribution in [-0.2, 0) is 15.7 Å². The fraction of sp³-hybridized carbons (Fsp3) is 0.625. The highest BCUT2D eigenvalue weighted by Crippen LogP contribution is 2.26. The molecule has 2 rings (SSSR count). The summed E-state index contributed by atoms with van der Waals surface area (Å²) in [5, 5.41) is 10.0. The van der Waals surface area contributed by atoms with E-state index in [2.05, 4.69) is 20.7 Å². The summed E-state index contributed by atoms with van der Waals surface area (Å²) in [4.78, 5) is 14.7. The highest BCUT2D eigenvalue weighted by Gasteiger charge is 2.35. The lowest BCUT2D eigenvalue weighted by Crippen LogP contribution is -2.45.